The number of hydrogen-bond donors (Lipinski definition) is 2. The molecule has 0 aromatic heterocycles. The molecule has 1 aromatic rings. The molecule has 2 aliphatic rings. The summed E-state index contributed by atoms with van der Waals surface area (Å²) in [7, 11) is 0. The van der Waals surface area contributed by atoms with E-state index in [0.717, 1.165) is 37.2 Å². The highest BCUT2D eigenvalue weighted by molar-refractivity contribution is 5.79. The van der Waals surface area contributed by atoms with Gasteiger partial charge in [0.25, 0.3) is 0 Å². The SMILES string of the molecule is O=C(NC1CCOc2ccccc21)C1CCNC1. The number of carbonyl (C=O) groups excluding carboxylic acids is 1. The van der Waals surface area contributed by atoms with Crippen molar-refractivity contribution in [2.45, 2.75) is 18.9 Å². The van der Waals surface area contributed by atoms with Crippen LogP contribution in [0.3, 0.4) is 0 Å². The summed E-state index contributed by atoms with van der Waals surface area (Å²) in [6.45, 7) is 2.42. The van der Waals surface area contributed by atoms with Gasteiger partial charge in [0.1, 0.15) is 5.75 Å². The summed E-state index contributed by atoms with van der Waals surface area (Å²) in [4.78, 5) is 12.1. The van der Waals surface area contributed by atoms with Crippen molar-refractivity contribution in [1.82, 2.24) is 10.6 Å². The van der Waals surface area contributed by atoms with Crippen molar-refractivity contribution in [3.8, 4) is 5.75 Å². The number of nitrogens with one attached hydrogen (secondary N) is 2. The summed E-state index contributed by atoms with van der Waals surface area (Å²) in [6.07, 6.45) is 1.79. The van der Waals surface area contributed by atoms with Crippen LogP contribution < -0.4 is 15.4 Å². The minimum Gasteiger partial charge on any atom is -0.493 e. The van der Waals surface area contributed by atoms with Gasteiger partial charge in [0.05, 0.1) is 18.6 Å². The highest BCUT2D eigenvalue weighted by Gasteiger charge is 2.27. The summed E-state index contributed by atoms with van der Waals surface area (Å²) < 4.78 is 5.60. The summed E-state index contributed by atoms with van der Waals surface area (Å²) in [5, 5.41) is 6.38. The van der Waals surface area contributed by atoms with Crippen LogP contribution in [-0.4, -0.2) is 25.6 Å². The second kappa shape index (κ2) is 4.98. The normalized spacial score (nSPS) is 26.2. The van der Waals surface area contributed by atoms with Gasteiger partial charge in [-0.25, -0.2) is 0 Å². The number of amides is 1. The van der Waals surface area contributed by atoms with Crippen LogP contribution in [0.5, 0.6) is 5.75 Å². The molecule has 1 amide bonds. The Labute approximate surface area is 107 Å². The Bertz CT molecular complexity index is 441. The summed E-state index contributed by atoms with van der Waals surface area (Å²) in [5.41, 5.74) is 1.10. The number of rotatable bonds is 2. The van der Waals surface area contributed by atoms with Crippen molar-refractivity contribution >= 4 is 5.91 Å². The van der Waals surface area contributed by atoms with Crippen molar-refractivity contribution in [2.24, 2.45) is 5.92 Å². The molecule has 2 N–H and O–H groups in total. The molecular formula is C14H18N2O2. The van der Waals surface area contributed by atoms with E-state index in [1.807, 2.05) is 24.3 Å². The molecular weight excluding hydrogens is 228 g/mol. The Hall–Kier alpha value is -1.55. The molecule has 2 aliphatic heterocycles. The number of hydrogen-bond acceptors (Lipinski definition) is 3. The third-order valence-corrected chi connectivity index (χ3v) is 3.71. The second-order valence-electron chi connectivity index (χ2n) is 4.93. The average Bonchev–Trinajstić information content (AvgIpc) is 2.93. The standard InChI is InChI=1S/C14H18N2O2/c17-14(10-5-7-15-9-10)16-12-6-8-18-13-4-2-1-3-11(12)13/h1-4,10,12,15H,5-9H2,(H,16,17). The molecule has 1 aromatic carbocycles. The monoisotopic (exact) mass is 246 g/mol. The van der Waals surface area contributed by atoms with E-state index in [-0.39, 0.29) is 17.9 Å². The van der Waals surface area contributed by atoms with Gasteiger partial charge in [0.2, 0.25) is 5.91 Å². The maximum atomic E-state index is 12.1. The van der Waals surface area contributed by atoms with Gasteiger partial charge in [-0.15, -0.1) is 0 Å². The fourth-order valence-electron chi connectivity index (χ4n) is 2.66. The first kappa shape index (κ1) is 11.5. The number of para-hydroxylation sites is 1. The van der Waals surface area contributed by atoms with Gasteiger partial charge in [0.15, 0.2) is 0 Å². The van der Waals surface area contributed by atoms with E-state index in [4.69, 9.17) is 4.74 Å². The maximum absolute atomic E-state index is 12.1. The molecule has 18 heavy (non-hydrogen) atoms. The molecule has 0 saturated carbocycles. The summed E-state index contributed by atoms with van der Waals surface area (Å²) in [6, 6.07) is 8.05. The highest BCUT2D eigenvalue weighted by atomic mass is 16.5. The molecule has 4 nitrogen and oxygen atoms in total. The van der Waals surface area contributed by atoms with Gasteiger partial charge in [-0.05, 0) is 19.0 Å². The van der Waals surface area contributed by atoms with E-state index in [2.05, 4.69) is 10.6 Å². The van der Waals surface area contributed by atoms with Crippen molar-refractivity contribution in [1.29, 1.82) is 0 Å². The van der Waals surface area contributed by atoms with Crippen LogP contribution >= 0.6 is 0 Å². The first-order chi connectivity index (χ1) is 8.84. The smallest absolute Gasteiger partial charge is 0.224 e. The van der Waals surface area contributed by atoms with E-state index in [0.29, 0.717) is 6.61 Å². The molecule has 96 valence electrons. The van der Waals surface area contributed by atoms with Crippen LogP contribution in [0.4, 0.5) is 0 Å². The predicted octanol–water partition coefficient (Wildman–Crippen LogP) is 1.24. The lowest BCUT2D eigenvalue weighted by molar-refractivity contribution is -0.125. The lowest BCUT2D eigenvalue weighted by atomic mass is 9.99. The van der Waals surface area contributed by atoms with Gasteiger partial charge < -0.3 is 15.4 Å². The first-order valence-electron chi connectivity index (χ1n) is 6.57. The zero-order chi connectivity index (χ0) is 12.4. The van der Waals surface area contributed by atoms with Crippen molar-refractivity contribution < 1.29 is 9.53 Å². The quantitative estimate of drug-likeness (QED) is 0.825. The topological polar surface area (TPSA) is 50.4 Å². The molecule has 1 fully saturated rings. The van der Waals surface area contributed by atoms with Crippen molar-refractivity contribution in [3.63, 3.8) is 0 Å². The van der Waals surface area contributed by atoms with Crippen LogP contribution in [0.1, 0.15) is 24.4 Å². The molecule has 2 unspecified atom stereocenters. The van der Waals surface area contributed by atoms with E-state index in [1.165, 1.54) is 0 Å². The van der Waals surface area contributed by atoms with Crippen molar-refractivity contribution in [3.05, 3.63) is 29.8 Å². The second-order valence-corrected chi connectivity index (χ2v) is 4.93. The molecule has 1 saturated heterocycles. The molecule has 2 heterocycles. The molecule has 0 radical (unpaired) electrons. The zero-order valence-corrected chi connectivity index (χ0v) is 10.3. The molecule has 0 spiro atoms. The molecule has 4 heteroatoms. The zero-order valence-electron chi connectivity index (χ0n) is 10.3. The van der Waals surface area contributed by atoms with E-state index >= 15 is 0 Å². The van der Waals surface area contributed by atoms with Crippen LogP contribution in [-0.2, 0) is 4.79 Å². The summed E-state index contributed by atoms with van der Waals surface area (Å²) in [5.74, 6) is 1.19. The Morgan fingerprint density at radius 3 is 3.06 bits per heavy atom. The van der Waals surface area contributed by atoms with Gasteiger partial charge in [-0.2, -0.15) is 0 Å². The Kier molecular flexibility index (Phi) is 3.19. The number of benzene rings is 1. The third kappa shape index (κ3) is 2.20. The largest absolute Gasteiger partial charge is 0.493 e. The average molecular weight is 246 g/mol. The van der Waals surface area contributed by atoms with Crippen LogP contribution in [0, 0.1) is 5.92 Å². The van der Waals surface area contributed by atoms with Crippen molar-refractivity contribution in [2.75, 3.05) is 19.7 Å². The number of ether oxygens (including phenoxy) is 1. The van der Waals surface area contributed by atoms with E-state index in [9.17, 15) is 4.79 Å². The maximum Gasteiger partial charge on any atom is 0.224 e. The van der Waals surface area contributed by atoms with Crippen LogP contribution in [0.2, 0.25) is 0 Å². The number of carbonyl (C=O) groups is 1. The molecule has 0 aliphatic carbocycles. The van der Waals surface area contributed by atoms with Gasteiger partial charge >= 0.3 is 0 Å². The third-order valence-electron chi connectivity index (χ3n) is 3.71. The Morgan fingerprint density at radius 2 is 2.22 bits per heavy atom. The lowest BCUT2D eigenvalue weighted by Gasteiger charge is -2.27. The minimum atomic E-state index is 0.100. The fraction of sp³-hybridized carbons (Fsp3) is 0.500. The van der Waals surface area contributed by atoms with E-state index < -0.39 is 0 Å². The van der Waals surface area contributed by atoms with Gasteiger partial charge in [-0.3, -0.25) is 4.79 Å². The Balaban J connectivity index is 1.72. The van der Waals surface area contributed by atoms with Crippen LogP contribution in [0.15, 0.2) is 24.3 Å². The van der Waals surface area contributed by atoms with Gasteiger partial charge in [-0.1, -0.05) is 18.2 Å². The highest BCUT2D eigenvalue weighted by Crippen LogP contribution is 2.31. The van der Waals surface area contributed by atoms with Gasteiger partial charge in [0, 0.05) is 18.5 Å². The predicted molar refractivity (Wildman–Crippen MR) is 68.4 cm³/mol. The minimum absolute atomic E-state index is 0.100. The Morgan fingerprint density at radius 1 is 1.33 bits per heavy atom. The lowest BCUT2D eigenvalue weighted by Crippen LogP contribution is -2.37. The molecule has 0 bridgehead atoms. The van der Waals surface area contributed by atoms with Crippen LogP contribution in [0.25, 0.3) is 0 Å². The molecule has 3 rings (SSSR count). The fourth-order valence-corrected chi connectivity index (χ4v) is 2.66. The first-order valence-corrected chi connectivity index (χ1v) is 6.57. The number of fused-ring (bicyclic) bond motifs is 1. The molecule has 2 atom stereocenters. The van der Waals surface area contributed by atoms with E-state index in [1.54, 1.807) is 0 Å². The summed E-state index contributed by atoms with van der Waals surface area (Å²) >= 11 is 0.